The number of nitrogens with zero attached hydrogens (tertiary/aromatic N) is 3. The number of rotatable bonds is 3. The zero-order valence-electron chi connectivity index (χ0n) is 14.4. The molecule has 0 spiro atoms. The van der Waals surface area contributed by atoms with Crippen molar-refractivity contribution in [1.29, 1.82) is 0 Å². The molecule has 0 N–H and O–H groups in total. The van der Waals surface area contributed by atoms with Gasteiger partial charge in [0.1, 0.15) is 5.75 Å². The summed E-state index contributed by atoms with van der Waals surface area (Å²) in [7, 11) is 0. The SMILES string of the molecule is CCOC(=O)c1nn(-c2ccc(C)nc2)c2c1C[S+]([O-])c1ccccc1-2. The summed E-state index contributed by atoms with van der Waals surface area (Å²) in [6.07, 6.45) is 1.71. The zero-order chi connectivity index (χ0) is 18.3. The first-order chi connectivity index (χ1) is 12.6. The summed E-state index contributed by atoms with van der Waals surface area (Å²) in [4.78, 5) is 17.5. The van der Waals surface area contributed by atoms with Gasteiger partial charge in [-0.3, -0.25) is 4.98 Å². The van der Waals surface area contributed by atoms with E-state index in [-0.39, 0.29) is 18.1 Å². The normalized spacial score (nSPS) is 15.3. The van der Waals surface area contributed by atoms with E-state index in [1.807, 2.05) is 43.3 Å². The number of pyridine rings is 1. The molecule has 3 heterocycles. The minimum absolute atomic E-state index is 0.213. The second kappa shape index (κ2) is 6.59. The molecule has 6 nitrogen and oxygen atoms in total. The number of hydrogen-bond donors (Lipinski definition) is 0. The fraction of sp³-hybridized carbons (Fsp3) is 0.211. The Hall–Kier alpha value is -2.64. The Balaban J connectivity index is 1.98. The predicted molar refractivity (Wildman–Crippen MR) is 97.6 cm³/mol. The van der Waals surface area contributed by atoms with E-state index in [0.29, 0.717) is 5.56 Å². The number of carbonyl (C=O) groups is 1. The molecule has 1 aliphatic rings. The Morgan fingerprint density at radius 1 is 1.31 bits per heavy atom. The fourth-order valence-electron chi connectivity index (χ4n) is 3.07. The molecule has 0 saturated heterocycles. The minimum atomic E-state index is -1.23. The quantitative estimate of drug-likeness (QED) is 0.525. The second-order valence-corrected chi connectivity index (χ2v) is 7.37. The van der Waals surface area contributed by atoms with E-state index in [1.165, 1.54) is 0 Å². The third-order valence-electron chi connectivity index (χ3n) is 4.26. The van der Waals surface area contributed by atoms with Gasteiger partial charge in [-0.25, -0.2) is 9.48 Å². The van der Waals surface area contributed by atoms with Crippen molar-refractivity contribution in [2.24, 2.45) is 0 Å². The molecule has 26 heavy (non-hydrogen) atoms. The number of ether oxygens (including phenoxy) is 1. The standard InChI is InChI=1S/C19H17N3O3S/c1-3-25-19(23)17-15-11-26(24)16-7-5-4-6-14(16)18(15)22(21-17)13-9-8-12(2)20-10-13/h4-10H,3,11H2,1-2H3. The molecule has 132 valence electrons. The molecular weight excluding hydrogens is 350 g/mol. The van der Waals surface area contributed by atoms with Gasteiger partial charge in [0.15, 0.2) is 10.6 Å². The van der Waals surface area contributed by atoms with Crippen molar-refractivity contribution < 1.29 is 14.1 Å². The summed E-state index contributed by atoms with van der Waals surface area (Å²) in [5, 5.41) is 4.51. The van der Waals surface area contributed by atoms with Crippen LogP contribution in [-0.4, -0.2) is 31.9 Å². The molecule has 1 unspecified atom stereocenters. The van der Waals surface area contributed by atoms with Crippen molar-refractivity contribution in [3.05, 3.63) is 59.5 Å². The number of hydrogen-bond acceptors (Lipinski definition) is 5. The van der Waals surface area contributed by atoms with Crippen molar-refractivity contribution in [2.45, 2.75) is 24.5 Å². The highest BCUT2D eigenvalue weighted by Crippen LogP contribution is 2.40. The summed E-state index contributed by atoms with van der Waals surface area (Å²) in [5.41, 5.74) is 4.09. The first-order valence-corrected chi connectivity index (χ1v) is 9.62. The predicted octanol–water partition coefficient (Wildman–Crippen LogP) is 3.04. The van der Waals surface area contributed by atoms with Crippen molar-refractivity contribution >= 4 is 17.1 Å². The number of esters is 1. The molecule has 0 radical (unpaired) electrons. The van der Waals surface area contributed by atoms with Crippen molar-refractivity contribution in [3.63, 3.8) is 0 Å². The van der Waals surface area contributed by atoms with Crippen LogP contribution in [0, 0.1) is 6.92 Å². The topological polar surface area (TPSA) is 80.1 Å². The van der Waals surface area contributed by atoms with Gasteiger partial charge >= 0.3 is 5.97 Å². The van der Waals surface area contributed by atoms with E-state index in [4.69, 9.17) is 4.74 Å². The van der Waals surface area contributed by atoms with E-state index in [1.54, 1.807) is 17.8 Å². The molecule has 1 atom stereocenters. The monoisotopic (exact) mass is 367 g/mol. The Kier molecular flexibility index (Phi) is 4.26. The maximum Gasteiger partial charge on any atom is 0.359 e. The zero-order valence-corrected chi connectivity index (χ0v) is 15.2. The van der Waals surface area contributed by atoms with Crippen LogP contribution in [0.15, 0.2) is 47.5 Å². The Morgan fingerprint density at radius 3 is 2.85 bits per heavy atom. The number of fused-ring (bicyclic) bond motifs is 3. The van der Waals surface area contributed by atoms with Crippen molar-refractivity contribution in [3.8, 4) is 16.9 Å². The van der Waals surface area contributed by atoms with Crippen LogP contribution >= 0.6 is 0 Å². The van der Waals surface area contributed by atoms with Gasteiger partial charge in [-0.1, -0.05) is 12.1 Å². The summed E-state index contributed by atoms with van der Waals surface area (Å²) >= 11 is -1.23. The number of aryl methyl sites for hydroxylation is 1. The first kappa shape index (κ1) is 16.8. The minimum Gasteiger partial charge on any atom is -0.611 e. The Labute approximate surface area is 154 Å². The fourth-order valence-corrected chi connectivity index (χ4v) is 4.40. The molecule has 0 fully saturated rings. The highest BCUT2D eigenvalue weighted by Gasteiger charge is 2.36. The lowest BCUT2D eigenvalue weighted by atomic mass is 10.1. The van der Waals surface area contributed by atoms with E-state index < -0.39 is 17.1 Å². The highest BCUT2D eigenvalue weighted by molar-refractivity contribution is 7.90. The molecule has 1 aromatic carbocycles. The maximum absolute atomic E-state index is 12.7. The molecule has 0 saturated carbocycles. The Morgan fingerprint density at radius 2 is 2.12 bits per heavy atom. The summed E-state index contributed by atoms with van der Waals surface area (Å²) in [5.74, 6) is -0.265. The van der Waals surface area contributed by atoms with Gasteiger partial charge in [-0.05, 0) is 49.3 Å². The third kappa shape index (κ3) is 2.69. The van der Waals surface area contributed by atoms with E-state index in [2.05, 4.69) is 10.1 Å². The van der Waals surface area contributed by atoms with Crippen LogP contribution in [0.25, 0.3) is 16.9 Å². The maximum atomic E-state index is 12.7. The van der Waals surface area contributed by atoms with Crippen molar-refractivity contribution in [2.75, 3.05) is 6.61 Å². The number of carbonyl (C=O) groups excluding carboxylic acids is 1. The molecule has 7 heteroatoms. The Bertz CT molecular complexity index is 982. The number of aromatic nitrogens is 3. The average molecular weight is 367 g/mol. The molecule has 0 amide bonds. The van der Waals surface area contributed by atoms with Crippen LogP contribution in [0.1, 0.15) is 28.7 Å². The summed E-state index contributed by atoms with van der Waals surface area (Å²) in [6.45, 7) is 3.91. The van der Waals surface area contributed by atoms with Gasteiger partial charge in [0.25, 0.3) is 0 Å². The van der Waals surface area contributed by atoms with Crippen molar-refractivity contribution in [1.82, 2.24) is 14.8 Å². The van der Waals surface area contributed by atoms with E-state index in [9.17, 15) is 9.35 Å². The summed E-state index contributed by atoms with van der Waals surface area (Å²) in [6, 6.07) is 11.3. The molecule has 2 aromatic heterocycles. The lowest BCUT2D eigenvalue weighted by Crippen LogP contribution is -2.16. The van der Waals surface area contributed by atoms with Gasteiger partial charge < -0.3 is 9.29 Å². The van der Waals surface area contributed by atoms with Gasteiger partial charge in [-0.15, -0.1) is 0 Å². The van der Waals surface area contributed by atoms with Gasteiger partial charge in [-0.2, -0.15) is 5.10 Å². The second-order valence-electron chi connectivity index (χ2n) is 5.95. The lowest BCUT2D eigenvalue weighted by Gasteiger charge is -2.20. The van der Waals surface area contributed by atoms with Crippen LogP contribution in [0.2, 0.25) is 0 Å². The van der Waals surface area contributed by atoms with Crippen LogP contribution in [0.3, 0.4) is 0 Å². The van der Waals surface area contributed by atoms with Gasteiger partial charge in [0.05, 0.1) is 35.3 Å². The molecule has 1 aliphatic heterocycles. The molecule has 0 bridgehead atoms. The van der Waals surface area contributed by atoms with Crippen LogP contribution in [0.4, 0.5) is 0 Å². The third-order valence-corrected chi connectivity index (χ3v) is 5.65. The van der Waals surface area contributed by atoms with Gasteiger partial charge in [0, 0.05) is 5.69 Å². The van der Waals surface area contributed by atoms with E-state index in [0.717, 1.165) is 27.5 Å². The molecule has 4 rings (SSSR count). The highest BCUT2D eigenvalue weighted by atomic mass is 32.2. The molecule has 0 aliphatic carbocycles. The molecular formula is C19H17N3O3S. The van der Waals surface area contributed by atoms with Gasteiger partial charge in [0.2, 0.25) is 0 Å². The first-order valence-electron chi connectivity index (χ1n) is 8.30. The van der Waals surface area contributed by atoms with E-state index >= 15 is 0 Å². The largest absolute Gasteiger partial charge is 0.611 e. The lowest BCUT2D eigenvalue weighted by molar-refractivity contribution is 0.0518. The van der Waals surface area contributed by atoms with Crippen LogP contribution in [-0.2, 0) is 21.7 Å². The van der Waals surface area contributed by atoms with Crippen LogP contribution < -0.4 is 0 Å². The molecule has 3 aromatic rings. The van der Waals surface area contributed by atoms with Crippen LogP contribution in [0.5, 0.6) is 0 Å². The smallest absolute Gasteiger partial charge is 0.359 e. The summed E-state index contributed by atoms with van der Waals surface area (Å²) < 4.78 is 19.5. The number of benzene rings is 1. The average Bonchev–Trinajstić information content (AvgIpc) is 3.02.